The molecule has 0 atom stereocenters. The maximum absolute atomic E-state index is 13.3. The molecule has 4 N–H and O–H groups in total. The van der Waals surface area contributed by atoms with Crippen LogP contribution in [-0.2, 0) is 12.7 Å². The van der Waals surface area contributed by atoms with Crippen LogP contribution in [0.4, 0.5) is 30.6 Å². The number of rotatable bonds is 6. The van der Waals surface area contributed by atoms with Gasteiger partial charge in [-0.2, -0.15) is 18.2 Å². The van der Waals surface area contributed by atoms with E-state index in [1.54, 1.807) is 19.1 Å². The van der Waals surface area contributed by atoms with E-state index in [0.717, 1.165) is 16.6 Å². The second-order valence-corrected chi connectivity index (χ2v) is 6.94. The minimum atomic E-state index is -4.60. The maximum Gasteiger partial charge on any atom is 0.421 e. The van der Waals surface area contributed by atoms with Crippen LogP contribution in [0, 0.1) is 6.92 Å². The molecule has 28 heavy (non-hydrogen) atoms. The van der Waals surface area contributed by atoms with E-state index in [4.69, 9.17) is 5.73 Å². The fraction of sp³-hybridized carbons (Fsp3) is 0.167. The predicted molar refractivity (Wildman–Crippen MR) is 102 cm³/mol. The number of aryl methyl sites for hydroxylation is 1. The fourth-order valence-electron chi connectivity index (χ4n) is 2.40. The Labute approximate surface area is 162 Å². The number of alkyl halides is 3. The van der Waals surface area contributed by atoms with E-state index < -0.39 is 17.6 Å². The summed E-state index contributed by atoms with van der Waals surface area (Å²) in [6.07, 6.45) is -3.88. The normalized spacial score (nSPS) is 11.3. The lowest BCUT2D eigenvalue weighted by molar-refractivity contribution is -0.137. The van der Waals surface area contributed by atoms with Gasteiger partial charge in [-0.15, -0.1) is 11.3 Å². The number of nitrogens with one attached hydrogen (secondary N) is 2. The first kappa shape index (κ1) is 19.6. The van der Waals surface area contributed by atoms with Crippen LogP contribution in [0.15, 0.2) is 41.9 Å². The van der Waals surface area contributed by atoms with Gasteiger partial charge in [-0.05, 0) is 36.1 Å². The molecule has 2 heterocycles. The molecule has 0 saturated carbocycles. The molecule has 0 aliphatic heterocycles. The van der Waals surface area contributed by atoms with Crippen molar-refractivity contribution in [3.05, 3.63) is 63.5 Å². The number of primary amides is 1. The lowest BCUT2D eigenvalue weighted by atomic mass is 10.1. The molecule has 0 bridgehead atoms. The molecule has 146 valence electrons. The minimum Gasteiger partial charge on any atom is -0.366 e. The van der Waals surface area contributed by atoms with Gasteiger partial charge in [-0.1, -0.05) is 12.1 Å². The van der Waals surface area contributed by atoms with Crippen molar-refractivity contribution in [2.24, 2.45) is 5.73 Å². The lowest BCUT2D eigenvalue weighted by Gasteiger charge is -2.15. The molecule has 3 rings (SSSR count). The molecule has 0 fully saturated rings. The second-order valence-electron chi connectivity index (χ2n) is 5.91. The van der Waals surface area contributed by atoms with Crippen molar-refractivity contribution in [2.75, 3.05) is 10.6 Å². The average molecular weight is 407 g/mol. The number of carbonyl (C=O) groups is 1. The number of halogens is 3. The summed E-state index contributed by atoms with van der Waals surface area (Å²) in [7, 11) is 0. The quantitative estimate of drug-likeness (QED) is 0.566. The van der Waals surface area contributed by atoms with E-state index in [0.29, 0.717) is 5.69 Å². The Morgan fingerprint density at radius 2 is 2.07 bits per heavy atom. The number of nitrogens with zero attached hydrogens (tertiary/aromatic N) is 2. The van der Waals surface area contributed by atoms with E-state index in [1.807, 2.05) is 17.5 Å². The fourth-order valence-corrected chi connectivity index (χ4v) is 3.04. The van der Waals surface area contributed by atoms with E-state index >= 15 is 0 Å². The van der Waals surface area contributed by atoms with Gasteiger partial charge in [0.15, 0.2) is 0 Å². The van der Waals surface area contributed by atoms with Crippen molar-refractivity contribution in [3.63, 3.8) is 0 Å². The summed E-state index contributed by atoms with van der Waals surface area (Å²) in [5.41, 5.74) is 5.80. The van der Waals surface area contributed by atoms with Crippen molar-refractivity contribution >= 4 is 34.7 Å². The SMILES string of the molecule is Cc1ccc(C(N)=O)cc1Nc1ncc(C(F)(F)F)c(NCc2cccs2)n1. The van der Waals surface area contributed by atoms with Crippen LogP contribution in [0.1, 0.15) is 26.4 Å². The first-order valence-corrected chi connectivity index (χ1v) is 9.00. The highest BCUT2D eigenvalue weighted by Gasteiger charge is 2.35. The zero-order valence-electron chi connectivity index (χ0n) is 14.7. The van der Waals surface area contributed by atoms with Crippen LogP contribution in [0.3, 0.4) is 0 Å². The topological polar surface area (TPSA) is 92.9 Å². The Morgan fingerprint density at radius 3 is 2.71 bits per heavy atom. The summed E-state index contributed by atoms with van der Waals surface area (Å²) in [5.74, 6) is -0.983. The Hall–Kier alpha value is -3.14. The zero-order chi connectivity index (χ0) is 20.3. The second kappa shape index (κ2) is 7.85. The van der Waals surface area contributed by atoms with Gasteiger partial charge in [0.25, 0.3) is 0 Å². The first-order chi connectivity index (χ1) is 13.2. The Morgan fingerprint density at radius 1 is 1.29 bits per heavy atom. The summed E-state index contributed by atoms with van der Waals surface area (Å²) in [6, 6.07) is 8.35. The minimum absolute atomic E-state index is 0.0357. The van der Waals surface area contributed by atoms with Gasteiger partial charge < -0.3 is 16.4 Å². The van der Waals surface area contributed by atoms with Crippen LogP contribution in [-0.4, -0.2) is 15.9 Å². The smallest absolute Gasteiger partial charge is 0.366 e. The van der Waals surface area contributed by atoms with E-state index in [-0.39, 0.29) is 23.9 Å². The maximum atomic E-state index is 13.3. The number of anilines is 3. The predicted octanol–water partition coefficient (Wildman–Crippen LogP) is 4.32. The van der Waals surface area contributed by atoms with Crippen LogP contribution in [0.2, 0.25) is 0 Å². The van der Waals surface area contributed by atoms with Crippen LogP contribution in [0.5, 0.6) is 0 Å². The highest BCUT2D eigenvalue weighted by atomic mass is 32.1. The summed E-state index contributed by atoms with van der Waals surface area (Å²) in [6.45, 7) is 1.97. The third kappa shape index (κ3) is 4.58. The van der Waals surface area contributed by atoms with E-state index in [9.17, 15) is 18.0 Å². The van der Waals surface area contributed by atoms with Crippen molar-refractivity contribution < 1.29 is 18.0 Å². The van der Waals surface area contributed by atoms with Gasteiger partial charge >= 0.3 is 6.18 Å². The van der Waals surface area contributed by atoms with Crippen molar-refractivity contribution in [1.82, 2.24) is 9.97 Å². The van der Waals surface area contributed by atoms with Gasteiger partial charge in [0.05, 0.1) is 6.54 Å². The summed E-state index contributed by atoms with van der Waals surface area (Å²) >= 11 is 1.42. The summed E-state index contributed by atoms with van der Waals surface area (Å²) < 4.78 is 39.9. The highest BCUT2D eigenvalue weighted by molar-refractivity contribution is 7.09. The van der Waals surface area contributed by atoms with Crippen molar-refractivity contribution in [2.45, 2.75) is 19.6 Å². The standard InChI is InChI=1S/C18H16F3N5OS/c1-10-4-5-11(15(22)27)7-14(10)25-17-24-9-13(18(19,20)21)16(26-17)23-8-12-3-2-6-28-12/h2-7,9H,8H2,1H3,(H2,22,27)(H2,23,24,25,26). The highest BCUT2D eigenvalue weighted by Crippen LogP contribution is 2.34. The number of benzene rings is 1. The third-order valence-electron chi connectivity index (χ3n) is 3.87. The van der Waals surface area contributed by atoms with E-state index in [2.05, 4.69) is 20.6 Å². The number of hydrogen-bond acceptors (Lipinski definition) is 6. The molecule has 0 saturated heterocycles. The molecule has 0 aliphatic carbocycles. The van der Waals surface area contributed by atoms with Crippen LogP contribution >= 0.6 is 11.3 Å². The van der Waals surface area contributed by atoms with E-state index in [1.165, 1.54) is 17.4 Å². The monoisotopic (exact) mass is 407 g/mol. The number of thiophene rings is 1. The molecule has 6 nitrogen and oxygen atoms in total. The number of aromatic nitrogens is 2. The Bertz CT molecular complexity index is 989. The summed E-state index contributed by atoms with van der Waals surface area (Å²) in [5, 5.41) is 7.40. The van der Waals surface area contributed by atoms with Gasteiger partial charge in [-0.3, -0.25) is 4.79 Å². The van der Waals surface area contributed by atoms with Crippen molar-refractivity contribution in [3.8, 4) is 0 Å². The molecule has 1 amide bonds. The molecular weight excluding hydrogens is 391 g/mol. The summed E-state index contributed by atoms with van der Waals surface area (Å²) in [4.78, 5) is 20.0. The molecule has 0 radical (unpaired) electrons. The number of amides is 1. The molecule has 10 heteroatoms. The molecule has 2 aromatic heterocycles. The first-order valence-electron chi connectivity index (χ1n) is 8.12. The molecule has 3 aromatic rings. The van der Waals surface area contributed by atoms with Crippen LogP contribution < -0.4 is 16.4 Å². The molecular formula is C18H16F3N5OS. The van der Waals surface area contributed by atoms with Crippen molar-refractivity contribution in [1.29, 1.82) is 0 Å². The number of carbonyl (C=O) groups excluding carboxylic acids is 1. The number of nitrogens with two attached hydrogens (primary N) is 1. The third-order valence-corrected chi connectivity index (χ3v) is 4.75. The Kier molecular flexibility index (Phi) is 5.50. The van der Waals surface area contributed by atoms with Gasteiger partial charge in [-0.25, -0.2) is 4.98 Å². The number of hydrogen-bond donors (Lipinski definition) is 3. The lowest BCUT2D eigenvalue weighted by Crippen LogP contribution is -2.14. The molecule has 0 unspecified atom stereocenters. The molecule has 0 spiro atoms. The Balaban J connectivity index is 1.91. The van der Waals surface area contributed by atoms with Gasteiger partial charge in [0.2, 0.25) is 11.9 Å². The van der Waals surface area contributed by atoms with Gasteiger partial charge in [0, 0.05) is 22.3 Å². The zero-order valence-corrected chi connectivity index (χ0v) is 15.5. The average Bonchev–Trinajstić information content (AvgIpc) is 3.14. The molecule has 1 aromatic carbocycles. The largest absolute Gasteiger partial charge is 0.421 e. The van der Waals surface area contributed by atoms with Crippen LogP contribution in [0.25, 0.3) is 0 Å². The molecule has 0 aliphatic rings. The van der Waals surface area contributed by atoms with Gasteiger partial charge in [0.1, 0.15) is 11.4 Å².